The van der Waals surface area contributed by atoms with Gasteiger partial charge in [-0.25, -0.2) is 0 Å². The van der Waals surface area contributed by atoms with Gasteiger partial charge in [0.25, 0.3) is 0 Å². The molecule has 0 atom stereocenters. The average molecular weight is 262 g/mol. The molecule has 4 heteroatoms. The van der Waals surface area contributed by atoms with Gasteiger partial charge < -0.3 is 5.32 Å². The lowest BCUT2D eigenvalue weighted by Gasteiger charge is -2.00. The molecule has 72 valence electrons. The van der Waals surface area contributed by atoms with Gasteiger partial charge in [-0.2, -0.15) is 0 Å². The van der Waals surface area contributed by atoms with E-state index in [0.717, 1.165) is 22.3 Å². The lowest BCUT2D eigenvalue weighted by atomic mass is 10.3. The SMILES string of the molecule is CCCNC(=O)Cc1cc(Br)cs1. The average Bonchev–Trinajstić information content (AvgIpc) is 2.48. The number of thiophene rings is 1. The minimum atomic E-state index is 0.108. The van der Waals surface area contributed by atoms with Crippen molar-refractivity contribution in [2.75, 3.05) is 6.54 Å². The zero-order valence-electron chi connectivity index (χ0n) is 7.47. The quantitative estimate of drug-likeness (QED) is 0.887. The molecule has 0 radical (unpaired) electrons. The van der Waals surface area contributed by atoms with Crippen LogP contribution < -0.4 is 5.32 Å². The van der Waals surface area contributed by atoms with Crippen molar-refractivity contribution < 1.29 is 4.79 Å². The maximum absolute atomic E-state index is 11.3. The van der Waals surface area contributed by atoms with Crippen molar-refractivity contribution in [3.63, 3.8) is 0 Å². The molecule has 0 aliphatic carbocycles. The first kappa shape index (κ1) is 10.7. The van der Waals surface area contributed by atoms with Gasteiger partial charge in [0, 0.05) is 21.3 Å². The van der Waals surface area contributed by atoms with Crippen LogP contribution in [0.1, 0.15) is 18.2 Å². The minimum Gasteiger partial charge on any atom is -0.356 e. The first-order valence-electron chi connectivity index (χ1n) is 4.22. The summed E-state index contributed by atoms with van der Waals surface area (Å²) in [6.45, 7) is 2.81. The van der Waals surface area contributed by atoms with E-state index in [4.69, 9.17) is 0 Å². The van der Waals surface area contributed by atoms with Crippen molar-refractivity contribution in [1.82, 2.24) is 5.32 Å². The molecule has 0 bridgehead atoms. The Morgan fingerprint density at radius 3 is 3.00 bits per heavy atom. The highest BCUT2D eigenvalue weighted by Gasteiger charge is 2.03. The van der Waals surface area contributed by atoms with Gasteiger partial charge in [-0.05, 0) is 28.4 Å². The number of rotatable bonds is 4. The summed E-state index contributed by atoms with van der Waals surface area (Å²) in [5.74, 6) is 0.108. The smallest absolute Gasteiger partial charge is 0.225 e. The lowest BCUT2D eigenvalue weighted by molar-refractivity contribution is -0.120. The third-order valence-corrected chi connectivity index (χ3v) is 3.23. The largest absolute Gasteiger partial charge is 0.356 e. The Morgan fingerprint density at radius 2 is 2.46 bits per heavy atom. The molecule has 1 aromatic rings. The first-order valence-corrected chi connectivity index (χ1v) is 5.89. The minimum absolute atomic E-state index is 0.108. The van der Waals surface area contributed by atoms with Gasteiger partial charge in [0.1, 0.15) is 0 Å². The summed E-state index contributed by atoms with van der Waals surface area (Å²) >= 11 is 4.96. The van der Waals surface area contributed by atoms with Crippen LogP contribution >= 0.6 is 27.3 Å². The number of amides is 1. The highest BCUT2D eigenvalue weighted by Crippen LogP contribution is 2.19. The molecule has 0 aliphatic heterocycles. The normalized spacial score (nSPS) is 10.0. The Labute approximate surface area is 90.5 Å². The number of nitrogens with one attached hydrogen (secondary N) is 1. The van der Waals surface area contributed by atoms with Crippen molar-refractivity contribution >= 4 is 33.2 Å². The van der Waals surface area contributed by atoms with Gasteiger partial charge >= 0.3 is 0 Å². The number of hydrogen-bond donors (Lipinski definition) is 1. The predicted molar refractivity (Wildman–Crippen MR) is 59.0 cm³/mol. The van der Waals surface area contributed by atoms with Gasteiger partial charge in [-0.3, -0.25) is 4.79 Å². The van der Waals surface area contributed by atoms with E-state index in [0.29, 0.717) is 6.42 Å². The number of carbonyl (C=O) groups is 1. The molecule has 1 N–H and O–H groups in total. The highest BCUT2D eigenvalue weighted by molar-refractivity contribution is 9.10. The van der Waals surface area contributed by atoms with Gasteiger partial charge in [-0.1, -0.05) is 6.92 Å². The van der Waals surface area contributed by atoms with Crippen LogP contribution in [0.5, 0.6) is 0 Å². The third-order valence-electron chi connectivity index (χ3n) is 1.53. The molecule has 0 unspecified atom stereocenters. The Hall–Kier alpha value is -0.350. The molecule has 0 spiro atoms. The topological polar surface area (TPSA) is 29.1 Å². The number of carbonyl (C=O) groups excluding carboxylic acids is 1. The Bertz CT molecular complexity index is 285. The summed E-state index contributed by atoms with van der Waals surface area (Å²) in [6, 6.07) is 1.98. The van der Waals surface area contributed by atoms with Crippen LogP contribution in [0.25, 0.3) is 0 Å². The second kappa shape index (κ2) is 5.40. The van der Waals surface area contributed by atoms with Crippen LogP contribution in [-0.2, 0) is 11.2 Å². The van der Waals surface area contributed by atoms with Crippen molar-refractivity contribution in [3.8, 4) is 0 Å². The van der Waals surface area contributed by atoms with E-state index in [-0.39, 0.29) is 5.91 Å². The van der Waals surface area contributed by atoms with E-state index in [2.05, 4.69) is 21.2 Å². The second-order valence-electron chi connectivity index (χ2n) is 2.76. The number of halogens is 1. The predicted octanol–water partition coefficient (Wildman–Crippen LogP) is 2.58. The molecule has 1 rings (SSSR count). The molecule has 0 aromatic carbocycles. The maximum Gasteiger partial charge on any atom is 0.225 e. The molecule has 0 aliphatic rings. The fourth-order valence-electron chi connectivity index (χ4n) is 0.932. The van der Waals surface area contributed by atoms with Crippen LogP contribution in [0.2, 0.25) is 0 Å². The van der Waals surface area contributed by atoms with Gasteiger partial charge in [0.05, 0.1) is 6.42 Å². The van der Waals surface area contributed by atoms with Crippen molar-refractivity contribution in [2.45, 2.75) is 19.8 Å². The summed E-state index contributed by atoms with van der Waals surface area (Å²) in [7, 11) is 0. The maximum atomic E-state index is 11.3. The summed E-state index contributed by atoms with van der Waals surface area (Å²) in [4.78, 5) is 12.4. The zero-order chi connectivity index (χ0) is 9.68. The zero-order valence-corrected chi connectivity index (χ0v) is 9.87. The van der Waals surface area contributed by atoms with Crippen molar-refractivity contribution in [1.29, 1.82) is 0 Å². The van der Waals surface area contributed by atoms with Crippen LogP contribution in [0.15, 0.2) is 15.9 Å². The highest BCUT2D eigenvalue weighted by atomic mass is 79.9. The molecule has 0 saturated heterocycles. The fourth-order valence-corrected chi connectivity index (χ4v) is 2.38. The van der Waals surface area contributed by atoms with Crippen LogP contribution in [-0.4, -0.2) is 12.5 Å². The van der Waals surface area contributed by atoms with E-state index in [1.807, 2.05) is 18.4 Å². The van der Waals surface area contributed by atoms with E-state index >= 15 is 0 Å². The molecule has 1 amide bonds. The van der Waals surface area contributed by atoms with Gasteiger partial charge in [-0.15, -0.1) is 11.3 Å². The molecule has 0 saturated carbocycles. The summed E-state index contributed by atoms with van der Waals surface area (Å²) < 4.78 is 1.05. The van der Waals surface area contributed by atoms with E-state index in [1.165, 1.54) is 0 Å². The Balaban J connectivity index is 2.36. The van der Waals surface area contributed by atoms with Crippen LogP contribution in [0.3, 0.4) is 0 Å². The first-order chi connectivity index (χ1) is 6.22. The molecule has 1 heterocycles. The lowest BCUT2D eigenvalue weighted by Crippen LogP contribution is -2.25. The van der Waals surface area contributed by atoms with Crippen LogP contribution in [0.4, 0.5) is 0 Å². The monoisotopic (exact) mass is 261 g/mol. The van der Waals surface area contributed by atoms with E-state index in [1.54, 1.807) is 11.3 Å². The third kappa shape index (κ3) is 3.91. The summed E-state index contributed by atoms with van der Waals surface area (Å²) in [5.41, 5.74) is 0. The van der Waals surface area contributed by atoms with Crippen molar-refractivity contribution in [2.24, 2.45) is 0 Å². The van der Waals surface area contributed by atoms with Crippen molar-refractivity contribution in [3.05, 3.63) is 20.8 Å². The molecule has 1 aromatic heterocycles. The Kier molecular flexibility index (Phi) is 4.45. The summed E-state index contributed by atoms with van der Waals surface area (Å²) in [6.07, 6.45) is 1.48. The fraction of sp³-hybridized carbons (Fsp3) is 0.444. The molecular weight excluding hydrogens is 250 g/mol. The molecule has 2 nitrogen and oxygen atoms in total. The van der Waals surface area contributed by atoms with Gasteiger partial charge in [0.2, 0.25) is 5.91 Å². The molecule has 13 heavy (non-hydrogen) atoms. The second-order valence-corrected chi connectivity index (χ2v) is 4.67. The van der Waals surface area contributed by atoms with Crippen LogP contribution in [0, 0.1) is 0 Å². The molecular formula is C9H12BrNOS. The number of hydrogen-bond acceptors (Lipinski definition) is 2. The van der Waals surface area contributed by atoms with E-state index in [9.17, 15) is 4.79 Å². The van der Waals surface area contributed by atoms with Gasteiger partial charge in [0.15, 0.2) is 0 Å². The standard InChI is InChI=1S/C9H12BrNOS/c1-2-3-11-9(12)5-8-4-7(10)6-13-8/h4,6H,2-3,5H2,1H3,(H,11,12). The van der Waals surface area contributed by atoms with E-state index < -0.39 is 0 Å². The Morgan fingerprint density at radius 1 is 1.69 bits per heavy atom. The molecule has 0 fully saturated rings. The summed E-state index contributed by atoms with van der Waals surface area (Å²) in [5, 5.41) is 4.83.